The highest BCUT2D eigenvalue weighted by atomic mass is 16.6. The van der Waals surface area contributed by atoms with Gasteiger partial charge >= 0.3 is 6.09 Å². The normalized spacial score (nSPS) is 25.8. The molecule has 21 heavy (non-hydrogen) atoms. The van der Waals surface area contributed by atoms with Crippen LogP contribution in [0.4, 0.5) is 4.79 Å². The summed E-state index contributed by atoms with van der Waals surface area (Å²) in [7, 11) is 0. The van der Waals surface area contributed by atoms with Gasteiger partial charge in [0.05, 0.1) is 0 Å². The van der Waals surface area contributed by atoms with E-state index in [1.165, 1.54) is 19.3 Å². The lowest BCUT2D eigenvalue weighted by atomic mass is 9.74. The summed E-state index contributed by atoms with van der Waals surface area (Å²) in [4.78, 5) is 14.2. The SMILES string of the molecule is O=C(OCc1ccccc1)N1CCCC2(CCCNC2)C1. The highest BCUT2D eigenvalue weighted by Gasteiger charge is 2.38. The van der Waals surface area contributed by atoms with Crippen LogP contribution in [0.1, 0.15) is 31.2 Å². The lowest BCUT2D eigenvalue weighted by molar-refractivity contribution is 0.0405. The molecule has 1 aromatic rings. The molecule has 1 unspecified atom stereocenters. The van der Waals surface area contributed by atoms with Gasteiger partial charge < -0.3 is 15.0 Å². The number of carbonyl (C=O) groups is 1. The molecule has 2 heterocycles. The maximum Gasteiger partial charge on any atom is 0.410 e. The van der Waals surface area contributed by atoms with Crippen molar-refractivity contribution < 1.29 is 9.53 Å². The summed E-state index contributed by atoms with van der Waals surface area (Å²) < 4.78 is 5.47. The second-order valence-electron chi connectivity index (χ2n) is 6.35. The van der Waals surface area contributed by atoms with Gasteiger partial charge in [0.25, 0.3) is 0 Å². The Labute approximate surface area is 126 Å². The van der Waals surface area contributed by atoms with Crippen LogP contribution >= 0.6 is 0 Å². The Morgan fingerprint density at radius 3 is 2.81 bits per heavy atom. The quantitative estimate of drug-likeness (QED) is 0.910. The second kappa shape index (κ2) is 6.48. The first-order valence-electron chi connectivity index (χ1n) is 7.94. The molecule has 0 aliphatic carbocycles. The van der Waals surface area contributed by atoms with Gasteiger partial charge in [-0.1, -0.05) is 30.3 Å². The first-order valence-corrected chi connectivity index (χ1v) is 7.94. The van der Waals surface area contributed by atoms with Gasteiger partial charge in [-0.15, -0.1) is 0 Å². The zero-order chi connectivity index (χ0) is 14.5. The molecule has 2 aliphatic heterocycles. The molecule has 1 atom stereocenters. The van der Waals surface area contributed by atoms with Crippen molar-refractivity contribution >= 4 is 6.09 Å². The van der Waals surface area contributed by atoms with Gasteiger partial charge in [0, 0.05) is 25.0 Å². The van der Waals surface area contributed by atoms with Gasteiger partial charge in [-0.25, -0.2) is 4.79 Å². The van der Waals surface area contributed by atoms with Crippen molar-refractivity contribution in [3.05, 3.63) is 35.9 Å². The molecule has 1 spiro atoms. The van der Waals surface area contributed by atoms with Gasteiger partial charge in [-0.05, 0) is 37.8 Å². The van der Waals surface area contributed by atoms with Gasteiger partial charge in [0.1, 0.15) is 6.61 Å². The summed E-state index contributed by atoms with van der Waals surface area (Å²) in [5.41, 5.74) is 1.32. The molecule has 0 bridgehead atoms. The predicted molar refractivity (Wildman–Crippen MR) is 82.0 cm³/mol. The van der Waals surface area contributed by atoms with E-state index < -0.39 is 0 Å². The average molecular weight is 288 g/mol. The van der Waals surface area contributed by atoms with Gasteiger partial charge in [-0.3, -0.25) is 0 Å². The fourth-order valence-corrected chi connectivity index (χ4v) is 3.55. The molecule has 2 saturated heterocycles. The van der Waals surface area contributed by atoms with Crippen LogP contribution in [0.5, 0.6) is 0 Å². The van der Waals surface area contributed by atoms with Crippen LogP contribution in [0, 0.1) is 5.41 Å². The summed E-state index contributed by atoms with van der Waals surface area (Å²) in [6.45, 7) is 4.18. The second-order valence-corrected chi connectivity index (χ2v) is 6.35. The number of ether oxygens (including phenoxy) is 1. The summed E-state index contributed by atoms with van der Waals surface area (Å²) >= 11 is 0. The first kappa shape index (κ1) is 14.4. The Kier molecular flexibility index (Phi) is 4.44. The van der Waals surface area contributed by atoms with Crippen LogP contribution in [-0.2, 0) is 11.3 Å². The van der Waals surface area contributed by atoms with Crippen molar-refractivity contribution in [2.75, 3.05) is 26.2 Å². The number of likely N-dealkylation sites (tertiary alicyclic amines) is 1. The highest BCUT2D eigenvalue weighted by Crippen LogP contribution is 2.36. The molecule has 2 aliphatic rings. The van der Waals surface area contributed by atoms with E-state index in [4.69, 9.17) is 4.74 Å². The van der Waals surface area contributed by atoms with E-state index in [9.17, 15) is 4.79 Å². The molecule has 1 aromatic carbocycles. The molecular weight excluding hydrogens is 264 g/mol. The molecule has 4 nitrogen and oxygen atoms in total. The van der Waals surface area contributed by atoms with Crippen molar-refractivity contribution in [3.63, 3.8) is 0 Å². The van der Waals surface area contributed by atoms with E-state index in [-0.39, 0.29) is 11.5 Å². The number of hydrogen-bond donors (Lipinski definition) is 1. The minimum Gasteiger partial charge on any atom is -0.445 e. The zero-order valence-corrected chi connectivity index (χ0v) is 12.5. The van der Waals surface area contributed by atoms with Crippen molar-refractivity contribution in [3.8, 4) is 0 Å². The van der Waals surface area contributed by atoms with E-state index >= 15 is 0 Å². The van der Waals surface area contributed by atoms with Crippen molar-refractivity contribution in [2.24, 2.45) is 5.41 Å². The van der Waals surface area contributed by atoms with Crippen LogP contribution in [0.3, 0.4) is 0 Å². The average Bonchev–Trinajstić information content (AvgIpc) is 2.54. The Morgan fingerprint density at radius 1 is 1.24 bits per heavy atom. The summed E-state index contributed by atoms with van der Waals surface area (Å²) in [5.74, 6) is 0. The standard InChI is InChI=1S/C17H24N2O2/c20-16(21-12-15-6-2-1-3-7-15)19-11-5-9-17(14-19)8-4-10-18-13-17/h1-3,6-7,18H,4-5,8-14H2. The van der Waals surface area contributed by atoms with Crippen LogP contribution in [0.15, 0.2) is 30.3 Å². The molecule has 0 saturated carbocycles. The molecule has 2 fully saturated rings. The highest BCUT2D eigenvalue weighted by molar-refractivity contribution is 5.67. The van der Waals surface area contributed by atoms with E-state index in [0.717, 1.165) is 38.2 Å². The fourth-order valence-electron chi connectivity index (χ4n) is 3.55. The smallest absolute Gasteiger partial charge is 0.410 e. The van der Waals surface area contributed by atoms with Gasteiger partial charge in [0.2, 0.25) is 0 Å². The molecule has 4 heteroatoms. The number of nitrogens with one attached hydrogen (secondary N) is 1. The topological polar surface area (TPSA) is 41.6 Å². The van der Waals surface area contributed by atoms with E-state index in [1.807, 2.05) is 35.2 Å². The van der Waals surface area contributed by atoms with Crippen LogP contribution in [0.25, 0.3) is 0 Å². The predicted octanol–water partition coefficient (Wildman–Crippen LogP) is 2.79. The number of carbonyl (C=O) groups excluding carboxylic acids is 1. The lowest BCUT2D eigenvalue weighted by Gasteiger charge is -2.44. The van der Waals surface area contributed by atoms with Crippen molar-refractivity contribution in [1.29, 1.82) is 0 Å². The van der Waals surface area contributed by atoms with E-state index in [1.54, 1.807) is 0 Å². The summed E-state index contributed by atoms with van der Waals surface area (Å²) in [6, 6.07) is 9.86. The van der Waals surface area contributed by atoms with Crippen LogP contribution < -0.4 is 5.32 Å². The Balaban J connectivity index is 1.54. The zero-order valence-electron chi connectivity index (χ0n) is 12.5. The van der Waals surface area contributed by atoms with Gasteiger partial charge in [-0.2, -0.15) is 0 Å². The third kappa shape index (κ3) is 3.56. The van der Waals surface area contributed by atoms with Crippen molar-refractivity contribution in [2.45, 2.75) is 32.3 Å². The maximum atomic E-state index is 12.3. The van der Waals surface area contributed by atoms with Crippen LogP contribution in [-0.4, -0.2) is 37.2 Å². The first-order chi connectivity index (χ1) is 10.3. The van der Waals surface area contributed by atoms with Crippen LogP contribution in [0.2, 0.25) is 0 Å². The molecule has 3 rings (SSSR count). The number of nitrogens with zero attached hydrogens (tertiary/aromatic N) is 1. The number of amides is 1. The summed E-state index contributed by atoms with van der Waals surface area (Å²) in [6.07, 6.45) is 4.59. The summed E-state index contributed by atoms with van der Waals surface area (Å²) in [5, 5.41) is 3.48. The fraction of sp³-hybridized carbons (Fsp3) is 0.588. The van der Waals surface area contributed by atoms with E-state index in [0.29, 0.717) is 6.61 Å². The van der Waals surface area contributed by atoms with E-state index in [2.05, 4.69) is 5.32 Å². The number of piperidine rings is 2. The minimum absolute atomic E-state index is 0.163. The Hall–Kier alpha value is -1.55. The Morgan fingerprint density at radius 2 is 2.05 bits per heavy atom. The minimum atomic E-state index is -0.163. The van der Waals surface area contributed by atoms with Gasteiger partial charge in [0.15, 0.2) is 0 Å². The molecule has 114 valence electrons. The Bertz CT molecular complexity index is 463. The molecule has 1 N–H and O–H groups in total. The molecule has 1 amide bonds. The molecular formula is C17H24N2O2. The lowest BCUT2D eigenvalue weighted by Crippen LogP contribution is -2.52. The molecule has 0 radical (unpaired) electrons. The van der Waals surface area contributed by atoms with Crippen molar-refractivity contribution in [1.82, 2.24) is 10.2 Å². The largest absolute Gasteiger partial charge is 0.445 e. The number of rotatable bonds is 2. The monoisotopic (exact) mass is 288 g/mol. The third-order valence-corrected chi connectivity index (χ3v) is 4.69. The molecule has 0 aromatic heterocycles. The number of benzene rings is 1. The number of hydrogen-bond acceptors (Lipinski definition) is 3. The maximum absolute atomic E-state index is 12.3. The third-order valence-electron chi connectivity index (χ3n) is 4.69.